The van der Waals surface area contributed by atoms with E-state index in [-0.39, 0.29) is 5.41 Å². The Balaban J connectivity index is 1.15. The van der Waals surface area contributed by atoms with Crippen molar-refractivity contribution in [3.05, 3.63) is 205 Å². The summed E-state index contributed by atoms with van der Waals surface area (Å²) < 4.78 is 2.41. The summed E-state index contributed by atoms with van der Waals surface area (Å²) in [5.74, 6) is 0. The van der Waals surface area contributed by atoms with Gasteiger partial charge in [-0.2, -0.15) is 0 Å². The van der Waals surface area contributed by atoms with Crippen molar-refractivity contribution in [2.24, 2.45) is 0 Å². The number of rotatable bonds is 5. The van der Waals surface area contributed by atoms with Gasteiger partial charge in [-0.15, -0.1) is 0 Å². The Labute approximate surface area is 321 Å². The van der Waals surface area contributed by atoms with E-state index in [1.54, 1.807) is 0 Å². The monoisotopic (exact) mass is 702 g/mol. The van der Waals surface area contributed by atoms with E-state index in [4.69, 9.17) is 0 Å². The van der Waals surface area contributed by atoms with Gasteiger partial charge in [0.1, 0.15) is 0 Å². The van der Waals surface area contributed by atoms with E-state index in [0.29, 0.717) is 0 Å². The maximum Gasteiger partial charge on any atom is 0.0561 e. The van der Waals surface area contributed by atoms with E-state index in [0.717, 1.165) is 22.7 Å². The molecule has 0 spiro atoms. The van der Waals surface area contributed by atoms with E-state index in [1.165, 1.54) is 76.7 Å². The summed E-state index contributed by atoms with van der Waals surface area (Å²) >= 11 is 0. The Hall–Kier alpha value is -6.90. The molecule has 0 saturated heterocycles. The molecular weight excluding hydrogens is 665 g/mol. The number of hydrogen-bond donors (Lipinski definition) is 0. The first-order chi connectivity index (χ1) is 27.1. The van der Waals surface area contributed by atoms with Gasteiger partial charge >= 0.3 is 0 Å². The molecule has 55 heavy (non-hydrogen) atoms. The van der Waals surface area contributed by atoms with Crippen molar-refractivity contribution in [2.75, 3.05) is 4.90 Å². The third-order valence-electron chi connectivity index (χ3n) is 12.0. The van der Waals surface area contributed by atoms with Crippen molar-refractivity contribution in [3.8, 4) is 27.9 Å². The van der Waals surface area contributed by atoms with E-state index in [1.807, 2.05) is 0 Å². The molecule has 9 aromatic carbocycles. The molecule has 1 aliphatic carbocycles. The number of anilines is 3. The molecule has 1 heterocycles. The lowest BCUT2D eigenvalue weighted by molar-refractivity contribution is 0.660. The van der Waals surface area contributed by atoms with E-state index < -0.39 is 0 Å². The fraction of sp³-hybridized carbons (Fsp3) is 0.0566. The highest BCUT2D eigenvalue weighted by molar-refractivity contribution is 6.15. The number of nitrogens with zero attached hydrogens (tertiary/aromatic N) is 2. The van der Waals surface area contributed by atoms with Gasteiger partial charge in [-0.3, -0.25) is 0 Å². The van der Waals surface area contributed by atoms with E-state index in [9.17, 15) is 0 Å². The average molecular weight is 703 g/mol. The zero-order valence-corrected chi connectivity index (χ0v) is 30.9. The standard InChI is InChI=1S/C53H38N2/c1-53(2)47-24-12-10-22-46(47)52-41(23-14-25-48(52)53)35-27-29-38(30-28-35)54(50-33-36-15-6-7-18-40(36)42-19-8-9-20-43(42)50)39-31-32-45-44-21-11-13-26-49(44)55(51(45)34-39)37-16-4-3-5-17-37/h3-34H,1-2H3. The van der Waals surface area contributed by atoms with Gasteiger partial charge in [0.2, 0.25) is 0 Å². The highest BCUT2D eigenvalue weighted by Gasteiger charge is 2.36. The molecule has 2 heteroatoms. The maximum atomic E-state index is 2.46. The first-order valence-corrected chi connectivity index (χ1v) is 19.2. The lowest BCUT2D eigenvalue weighted by Gasteiger charge is -2.28. The molecule has 0 bridgehead atoms. The van der Waals surface area contributed by atoms with Crippen molar-refractivity contribution in [3.63, 3.8) is 0 Å². The zero-order valence-electron chi connectivity index (χ0n) is 30.9. The van der Waals surface area contributed by atoms with Crippen LogP contribution in [-0.4, -0.2) is 4.57 Å². The normalized spacial score (nSPS) is 13.1. The van der Waals surface area contributed by atoms with Crippen LogP contribution >= 0.6 is 0 Å². The third-order valence-corrected chi connectivity index (χ3v) is 12.0. The molecule has 2 nitrogen and oxygen atoms in total. The fourth-order valence-corrected chi connectivity index (χ4v) is 9.39. The zero-order chi connectivity index (χ0) is 36.7. The molecule has 0 aliphatic heterocycles. The second-order valence-corrected chi connectivity index (χ2v) is 15.3. The number of hydrogen-bond acceptors (Lipinski definition) is 1. The molecular formula is C53H38N2. The van der Waals surface area contributed by atoms with Gasteiger partial charge in [-0.05, 0) is 98.1 Å². The largest absolute Gasteiger partial charge is 0.310 e. The van der Waals surface area contributed by atoms with Crippen LogP contribution in [0.15, 0.2) is 194 Å². The van der Waals surface area contributed by atoms with Crippen LogP contribution in [0.25, 0.3) is 71.3 Å². The van der Waals surface area contributed by atoms with Crippen molar-refractivity contribution >= 4 is 60.4 Å². The Bertz CT molecular complexity index is 3110. The van der Waals surface area contributed by atoms with Gasteiger partial charge in [0, 0.05) is 38.6 Å². The van der Waals surface area contributed by atoms with Crippen LogP contribution in [0.4, 0.5) is 17.1 Å². The molecule has 0 N–H and O–H groups in total. The van der Waals surface area contributed by atoms with Crippen LogP contribution in [-0.2, 0) is 5.41 Å². The first-order valence-electron chi connectivity index (χ1n) is 19.2. The first kappa shape index (κ1) is 31.6. The van der Waals surface area contributed by atoms with Crippen LogP contribution in [0.2, 0.25) is 0 Å². The molecule has 0 atom stereocenters. The number of para-hydroxylation sites is 2. The van der Waals surface area contributed by atoms with Crippen LogP contribution < -0.4 is 4.90 Å². The summed E-state index contributed by atoms with van der Waals surface area (Å²) in [7, 11) is 0. The molecule has 11 rings (SSSR count). The molecule has 10 aromatic rings. The highest BCUT2D eigenvalue weighted by atomic mass is 15.1. The Kier molecular flexibility index (Phi) is 6.93. The smallest absolute Gasteiger partial charge is 0.0561 e. The lowest BCUT2D eigenvalue weighted by Crippen LogP contribution is -2.14. The Morgan fingerprint density at radius 1 is 0.418 bits per heavy atom. The second-order valence-electron chi connectivity index (χ2n) is 15.3. The van der Waals surface area contributed by atoms with Crippen molar-refractivity contribution in [1.29, 1.82) is 0 Å². The van der Waals surface area contributed by atoms with Crippen LogP contribution in [0, 0.1) is 0 Å². The fourth-order valence-electron chi connectivity index (χ4n) is 9.39. The van der Waals surface area contributed by atoms with Crippen LogP contribution in [0.5, 0.6) is 0 Å². The lowest BCUT2D eigenvalue weighted by atomic mass is 9.82. The van der Waals surface area contributed by atoms with Gasteiger partial charge in [-0.25, -0.2) is 0 Å². The third kappa shape index (κ3) is 4.74. The van der Waals surface area contributed by atoms with Crippen LogP contribution in [0.1, 0.15) is 25.0 Å². The summed E-state index contributed by atoms with van der Waals surface area (Å²) in [4.78, 5) is 2.46. The minimum atomic E-state index is -0.0450. The minimum absolute atomic E-state index is 0.0450. The predicted octanol–water partition coefficient (Wildman–Crippen LogP) is 14.5. The van der Waals surface area contributed by atoms with E-state index >= 15 is 0 Å². The van der Waals surface area contributed by atoms with Crippen molar-refractivity contribution in [1.82, 2.24) is 4.57 Å². The molecule has 0 saturated carbocycles. The second kappa shape index (κ2) is 12.1. The number of benzene rings is 9. The molecule has 1 aliphatic rings. The summed E-state index contributed by atoms with van der Waals surface area (Å²) in [5.41, 5.74) is 14.8. The predicted molar refractivity (Wildman–Crippen MR) is 233 cm³/mol. The van der Waals surface area contributed by atoms with Gasteiger partial charge in [0.05, 0.1) is 16.7 Å². The minimum Gasteiger partial charge on any atom is -0.310 e. The Morgan fingerprint density at radius 3 is 1.87 bits per heavy atom. The van der Waals surface area contributed by atoms with Gasteiger partial charge in [0.15, 0.2) is 0 Å². The molecule has 1 aromatic heterocycles. The van der Waals surface area contributed by atoms with Gasteiger partial charge in [0.25, 0.3) is 0 Å². The number of fused-ring (bicyclic) bond motifs is 9. The number of aromatic nitrogens is 1. The summed E-state index contributed by atoms with van der Waals surface area (Å²) in [5, 5.41) is 7.44. The van der Waals surface area contributed by atoms with Crippen molar-refractivity contribution < 1.29 is 0 Å². The SMILES string of the molecule is CC1(C)c2ccccc2-c2c(-c3ccc(N(c4ccc5c6ccccc6n(-c6ccccc6)c5c4)c4cc5ccccc5c5ccccc45)cc3)cccc21. The summed E-state index contributed by atoms with van der Waals surface area (Å²) in [6.07, 6.45) is 0. The van der Waals surface area contributed by atoms with Gasteiger partial charge in [-0.1, -0.05) is 159 Å². The maximum absolute atomic E-state index is 2.46. The Morgan fingerprint density at radius 2 is 1.04 bits per heavy atom. The van der Waals surface area contributed by atoms with E-state index in [2.05, 4.69) is 217 Å². The average Bonchev–Trinajstić information content (AvgIpc) is 3.69. The van der Waals surface area contributed by atoms with Crippen LogP contribution in [0.3, 0.4) is 0 Å². The summed E-state index contributed by atoms with van der Waals surface area (Å²) in [6.45, 7) is 4.70. The molecule has 0 amide bonds. The highest BCUT2D eigenvalue weighted by Crippen LogP contribution is 2.52. The molecule has 0 unspecified atom stereocenters. The summed E-state index contributed by atoms with van der Waals surface area (Å²) in [6, 6.07) is 71.4. The van der Waals surface area contributed by atoms with Gasteiger partial charge < -0.3 is 9.47 Å². The molecule has 0 radical (unpaired) electrons. The van der Waals surface area contributed by atoms with Crippen molar-refractivity contribution in [2.45, 2.75) is 19.3 Å². The topological polar surface area (TPSA) is 8.17 Å². The molecule has 0 fully saturated rings. The quantitative estimate of drug-likeness (QED) is 0.162. The molecule has 260 valence electrons.